The smallest absolute Gasteiger partial charge is 0.308 e. The third kappa shape index (κ3) is 7.35. The molecule has 1 N–H and O–H groups in total. The van der Waals surface area contributed by atoms with Gasteiger partial charge in [-0.15, -0.1) is 0 Å². The van der Waals surface area contributed by atoms with E-state index in [1.54, 1.807) is 24.3 Å². The Morgan fingerprint density at radius 1 is 1.17 bits per heavy atom. The zero-order valence-electron chi connectivity index (χ0n) is 18.3. The molecule has 7 nitrogen and oxygen atoms in total. The summed E-state index contributed by atoms with van der Waals surface area (Å²) in [6.07, 6.45) is 3.86. The highest BCUT2D eigenvalue weighted by atomic mass is 16.5. The number of benzene rings is 1. The van der Waals surface area contributed by atoms with Gasteiger partial charge in [0, 0.05) is 18.7 Å². The van der Waals surface area contributed by atoms with Crippen molar-refractivity contribution in [3.63, 3.8) is 0 Å². The lowest BCUT2D eigenvalue weighted by Gasteiger charge is -2.34. The number of esters is 1. The number of hydrogen-bond donors (Lipinski definition) is 1. The van der Waals surface area contributed by atoms with Crippen LogP contribution in [0.15, 0.2) is 24.3 Å². The molecule has 30 heavy (non-hydrogen) atoms. The highest BCUT2D eigenvalue weighted by Gasteiger charge is 2.35. The van der Waals surface area contributed by atoms with Crippen molar-refractivity contribution in [3.8, 4) is 5.75 Å². The second-order valence-corrected chi connectivity index (χ2v) is 7.99. The highest BCUT2D eigenvalue weighted by molar-refractivity contribution is 5.99. The van der Waals surface area contributed by atoms with Gasteiger partial charge in [-0.3, -0.25) is 14.4 Å². The largest absolute Gasteiger partial charge is 0.494 e. The van der Waals surface area contributed by atoms with Crippen molar-refractivity contribution in [2.45, 2.75) is 58.9 Å². The molecule has 1 aromatic carbocycles. The van der Waals surface area contributed by atoms with Crippen LogP contribution in [0.5, 0.6) is 5.75 Å². The Labute approximate surface area is 179 Å². The molecule has 1 atom stereocenters. The van der Waals surface area contributed by atoms with E-state index in [9.17, 15) is 14.4 Å². The zero-order valence-corrected chi connectivity index (χ0v) is 18.3. The van der Waals surface area contributed by atoms with Crippen LogP contribution < -0.4 is 10.1 Å². The van der Waals surface area contributed by atoms with Crippen molar-refractivity contribution in [1.29, 1.82) is 0 Å². The zero-order chi connectivity index (χ0) is 21.9. The van der Waals surface area contributed by atoms with Crippen LogP contribution in [0, 0.1) is 5.92 Å². The predicted molar refractivity (Wildman–Crippen MR) is 114 cm³/mol. The molecule has 1 unspecified atom stereocenters. The quantitative estimate of drug-likeness (QED) is 0.441. The standard InChI is InChI=1S/C23H34N2O5/c1-4-5-6-14-29-19-9-7-18(8-10-19)23(28)25-13-12-24-22(27)20(25)16-21(26)30-15-11-17(2)3/h7-10,17,20H,4-6,11-16H2,1-3H3,(H,24,27). The summed E-state index contributed by atoms with van der Waals surface area (Å²) in [5.74, 6) is 0.0664. The van der Waals surface area contributed by atoms with Crippen molar-refractivity contribution in [2.75, 3.05) is 26.3 Å². The van der Waals surface area contributed by atoms with E-state index in [-0.39, 0.29) is 18.2 Å². The molecule has 2 rings (SSSR count). The first-order chi connectivity index (χ1) is 14.4. The Bertz CT molecular complexity index is 702. The van der Waals surface area contributed by atoms with Crippen molar-refractivity contribution < 1.29 is 23.9 Å². The van der Waals surface area contributed by atoms with Gasteiger partial charge in [-0.1, -0.05) is 33.6 Å². The van der Waals surface area contributed by atoms with E-state index in [4.69, 9.17) is 9.47 Å². The summed E-state index contributed by atoms with van der Waals surface area (Å²) in [6, 6.07) is 6.06. The van der Waals surface area contributed by atoms with Gasteiger partial charge in [-0.05, 0) is 43.0 Å². The van der Waals surface area contributed by atoms with Crippen LogP contribution in [0.4, 0.5) is 0 Å². The number of carbonyl (C=O) groups excluding carboxylic acids is 3. The van der Waals surface area contributed by atoms with Gasteiger partial charge in [0.05, 0.1) is 19.6 Å². The predicted octanol–water partition coefficient (Wildman–Crippen LogP) is 3.18. The second kappa shape index (κ2) is 12.2. The number of nitrogens with one attached hydrogen (secondary N) is 1. The van der Waals surface area contributed by atoms with Crippen molar-refractivity contribution in [3.05, 3.63) is 29.8 Å². The minimum Gasteiger partial charge on any atom is -0.494 e. The first kappa shape index (κ1) is 23.7. The Morgan fingerprint density at radius 3 is 2.57 bits per heavy atom. The molecule has 0 aromatic heterocycles. The minimum absolute atomic E-state index is 0.145. The van der Waals surface area contributed by atoms with Gasteiger partial charge in [0.25, 0.3) is 5.91 Å². The average Bonchev–Trinajstić information content (AvgIpc) is 2.72. The molecule has 1 fully saturated rings. The average molecular weight is 419 g/mol. The minimum atomic E-state index is -0.859. The number of ether oxygens (including phenoxy) is 2. The molecule has 2 amide bonds. The van der Waals surface area contributed by atoms with Gasteiger partial charge in [0.1, 0.15) is 11.8 Å². The van der Waals surface area contributed by atoms with Crippen LogP contribution in [0.3, 0.4) is 0 Å². The topological polar surface area (TPSA) is 84.9 Å². The number of hydrogen-bond acceptors (Lipinski definition) is 5. The van der Waals surface area contributed by atoms with Crippen LogP contribution in [0.2, 0.25) is 0 Å². The summed E-state index contributed by atoms with van der Waals surface area (Å²) in [5.41, 5.74) is 0.462. The summed E-state index contributed by atoms with van der Waals surface area (Å²) in [6.45, 7) is 7.91. The molecule has 1 aliphatic heterocycles. The van der Waals surface area contributed by atoms with Crippen molar-refractivity contribution in [2.24, 2.45) is 5.92 Å². The fourth-order valence-electron chi connectivity index (χ4n) is 3.19. The molecule has 1 aliphatic rings. The van der Waals surface area contributed by atoms with Crippen molar-refractivity contribution >= 4 is 17.8 Å². The molecule has 1 saturated heterocycles. The normalized spacial score (nSPS) is 16.3. The van der Waals surface area contributed by atoms with Crippen LogP contribution in [0.1, 0.15) is 63.2 Å². The van der Waals surface area contributed by atoms with Gasteiger partial charge in [0.15, 0.2) is 0 Å². The first-order valence-electron chi connectivity index (χ1n) is 10.9. The third-order valence-corrected chi connectivity index (χ3v) is 5.03. The summed E-state index contributed by atoms with van der Waals surface area (Å²) < 4.78 is 10.9. The first-order valence-corrected chi connectivity index (χ1v) is 10.9. The van der Waals surface area contributed by atoms with Crippen LogP contribution in [-0.2, 0) is 14.3 Å². The molecular weight excluding hydrogens is 384 g/mol. The molecule has 0 spiro atoms. The maximum atomic E-state index is 13.0. The highest BCUT2D eigenvalue weighted by Crippen LogP contribution is 2.18. The number of amides is 2. The number of piperazine rings is 1. The van der Waals surface area contributed by atoms with Gasteiger partial charge in [-0.25, -0.2) is 0 Å². The number of nitrogens with zero attached hydrogens (tertiary/aromatic N) is 1. The van der Waals surface area contributed by atoms with Crippen LogP contribution in [-0.4, -0.2) is 55.0 Å². The van der Waals surface area contributed by atoms with E-state index in [1.807, 2.05) is 13.8 Å². The third-order valence-electron chi connectivity index (χ3n) is 5.03. The molecule has 0 bridgehead atoms. The molecule has 0 saturated carbocycles. The van der Waals surface area contributed by atoms with E-state index < -0.39 is 12.0 Å². The summed E-state index contributed by atoms with van der Waals surface area (Å²) in [7, 11) is 0. The van der Waals surface area contributed by atoms with Gasteiger partial charge < -0.3 is 19.7 Å². The van der Waals surface area contributed by atoms with Gasteiger partial charge >= 0.3 is 5.97 Å². The lowest BCUT2D eigenvalue weighted by Crippen LogP contribution is -2.57. The summed E-state index contributed by atoms with van der Waals surface area (Å²) in [4.78, 5) is 39.0. The molecule has 0 aliphatic carbocycles. The Hall–Kier alpha value is -2.57. The SMILES string of the molecule is CCCCCOc1ccc(C(=O)N2CCNC(=O)C2CC(=O)OCCC(C)C)cc1. The molecular formula is C23H34N2O5. The maximum Gasteiger partial charge on any atom is 0.308 e. The van der Waals surface area contributed by atoms with E-state index in [0.29, 0.717) is 43.5 Å². The number of carbonyl (C=O) groups is 3. The Morgan fingerprint density at radius 2 is 1.90 bits per heavy atom. The molecule has 0 radical (unpaired) electrons. The van der Waals surface area contributed by atoms with Crippen LogP contribution in [0.25, 0.3) is 0 Å². The monoisotopic (exact) mass is 418 g/mol. The number of unbranched alkanes of at least 4 members (excludes halogenated alkanes) is 2. The number of rotatable bonds is 11. The Balaban J connectivity index is 1.97. The van der Waals surface area contributed by atoms with Crippen molar-refractivity contribution in [1.82, 2.24) is 10.2 Å². The second-order valence-electron chi connectivity index (χ2n) is 7.99. The van der Waals surface area contributed by atoms with Crippen LogP contribution >= 0.6 is 0 Å². The van der Waals surface area contributed by atoms with E-state index >= 15 is 0 Å². The summed E-state index contributed by atoms with van der Waals surface area (Å²) >= 11 is 0. The Kier molecular flexibility index (Phi) is 9.64. The fourth-order valence-corrected chi connectivity index (χ4v) is 3.19. The maximum absolute atomic E-state index is 13.0. The summed E-state index contributed by atoms with van der Waals surface area (Å²) in [5, 5.41) is 2.73. The molecule has 1 aromatic rings. The fraction of sp³-hybridized carbons (Fsp3) is 0.609. The van der Waals surface area contributed by atoms with E-state index in [2.05, 4.69) is 12.2 Å². The molecule has 1 heterocycles. The lowest BCUT2D eigenvalue weighted by molar-refractivity contribution is -0.148. The molecule has 166 valence electrons. The molecule has 7 heteroatoms. The van der Waals surface area contributed by atoms with E-state index in [0.717, 1.165) is 25.7 Å². The van der Waals surface area contributed by atoms with E-state index in [1.165, 1.54) is 4.90 Å². The lowest BCUT2D eigenvalue weighted by atomic mass is 10.1. The van der Waals surface area contributed by atoms with Gasteiger partial charge in [0.2, 0.25) is 5.91 Å². The van der Waals surface area contributed by atoms with Gasteiger partial charge in [-0.2, -0.15) is 0 Å².